The monoisotopic (exact) mass is 706 g/mol. The van der Waals surface area contributed by atoms with Crippen LogP contribution in [0, 0.1) is 5.41 Å². The number of aliphatic hydroxyl groups excluding tert-OH is 1. The lowest BCUT2D eigenvalue weighted by atomic mass is 9.77. The molecule has 0 aromatic heterocycles. The van der Waals surface area contributed by atoms with Gasteiger partial charge in [0.15, 0.2) is 0 Å². The summed E-state index contributed by atoms with van der Waals surface area (Å²) in [6, 6.07) is 0. The lowest BCUT2D eigenvalue weighted by Gasteiger charge is -2.30. The molecule has 1 rings (SSSR count). The SMILES string of the molecule is C=C(CCCCCC1(CCCC(=O)OCCCCCCCCCCC)CCN(CCO)C1)OC(CCCCCCCC)CCCCCCCC. The van der Waals surface area contributed by atoms with E-state index >= 15 is 0 Å². The van der Waals surface area contributed by atoms with E-state index in [1.807, 2.05) is 0 Å². The fraction of sp³-hybridized carbons (Fsp3) is 0.933. The molecule has 0 spiro atoms. The number of aliphatic hydroxyl groups is 1. The molecule has 0 aliphatic carbocycles. The molecule has 0 aromatic carbocycles. The maximum absolute atomic E-state index is 12.5. The summed E-state index contributed by atoms with van der Waals surface area (Å²) >= 11 is 0. The predicted octanol–water partition coefficient (Wildman–Crippen LogP) is 13.3. The van der Waals surface area contributed by atoms with Gasteiger partial charge in [0.2, 0.25) is 0 Å². The van der Waals surface area contributed by atoms with Crippen molar-refractivity contribution in [1.29, 1.82) is 0 Å². The topological polar surface area (TPSA) is 59.0 Å². The molecule has 1 atom stereocenters. The van der Waals surface area contributed by atoms with Gasteiger partial charge in [-0.3, -0.25) is 4.79 Å². The van der Waals surface area contributed by atoms with Crippen molar-refractivity contribution < 1.29 is 19.4 Å². The summed E-state index contributed by atoms with van der Waals surface area (Å²) in [7, 11) is 0. The Labute approximate surface area is 312 Å². The molecule has 1 aliphatic rings. The third kappa shape index (κ3) is 26.7. The molecule has 296 valence electrons. The molecule has 1 fully saturated rings. The molecular formula is C45H87NO4. The van der Waals surface area contributed by atoms with E-state index in [0.29, 0.717) is 19.1 Å². The van der Waals surface area contributed by atoms with Crippen LogP contribution in [0.3, 0.4) is 0 Å². The average Bonchev–Trinajstić information content (AvgIpc) is 3.50. The van der Waals surface area contributed by atoms with Gasteiger partial charge >= 0.3 is 5.97 Å². The largest absolute Gasteiger partial charge is 0.495 e. The van der Waals surface area contributed by atoms with E-state index in [1.165, 1.54) is 167 Å². The van der Waals surface area contributed by atoms with E-state index in [-0.39, 0.29) is 18.0 Å². The molecule has 0 amide bonds. The average molecular weight is 706 g/mol. The minimum atomic E-state index is -0.0188. The third-order valence-electron chi connectivity index (χ3n) is 11.3. The van der Waals surface area contributed by atoms with E-state index in [4.69, 9.17) is 9.47 Å². The number of ether oxygens (including phenoxy) is 2. The zero-order valence-electron chi connectivity index (χ0n) is 34.1. The smallest absolute Gasteiger partial charge is 0.305 e. The second-order valence-electron chi connectivity index (χ2n) is 16.1. The number of hydrogen-bond donors (Lipinski definition) is 1. The van der Waals surface area contributed by atoms with Crippen molar-refractivity contribution in [2.45, 2.75) is 232 Å². The zero-order chi connectivity index (χ0) is 36.4. The first-order valence-corrected chi connectivity index (χ1v) is 22.3. The molecule has 1 unspecified atom stereocenters. The van der Waals surface area contributed by atoms with Crippen molar-refractivity contribution in [2.75, 3.05) is 32.8 Å². The molecule has 0 radical (unpaired) electrons. The first-order chi connectivity index (χ1) is 24.5. The first-order valence-electron chi connectivity index (χ1n) is 22.3. The highest BCUT2D eigenvalue weighted by atomic mass is 16.5. The Bertz CT molecular complexity index is 756. The number of rotatable bonds is 38. The third-order valence-corrected chi connectivity index (χ3v) is 11.3. The van der Waals surface area contributed by atoms with Gasteiger partial charge in [0.25, 0.3) is 0 Å². The standard InChI is InChI=1S/C45H87NO4/c1-5-8-11-14-17-18-19-22-28-40-49-44(48)33-29-35-45(36-37-46(41-45)38-39-47)34-27-23-24-30-42(4)50-43(31-25-20-15-12-9-6-2)32-26-21-16-13-10-7-3/h43,47H,4-41H2,1-3H3. The number of nitrogens with zero attached hydrogens (tertiary/aromatic N) is 1. The number of hydrogen-bond acceptors (Lipinski definition) is 5. The Hall–Kier alpha value is -1.07. The van der Waals surface area contributed by atoms with Crippen LogP contribution in [-0.4, -0.2) is 54.9 Å². The van der Waals surface area contributed by atoms with Gasteiger partial charge in [-0.15, -0.1) is 0 Å². The highest BCUT2D eigenvalue weighted by Crippen LogP contribution is 2.40. The van der Waals surface area contributed by atoms with Crippen molar-refractivity contribution in [3.05, 3.63) is 12.3 Å². The van der Waals surface area contributed by atoms with Crippen LogP contribution < -0.4 is 0 Å². The number of carbonyl (C=O) groups is 1. The predicted molar refractivity (Wildman–Crippen MR) is 216 cm³/mol. The number of esters is 1. The molecule has 5 nitrogen and oxygen atoms in total. The van der Waals surface area contributed by atoms with E-state index in [1.54, 1.807) is 0 Å². The van der Waals surface area contributed by atoms with E-state index < -0.39 is 0 Å². The van der Waals surface area contributed by atoms with Crippen LogP contribution in [-0.2, 0) is 14.3 Å². The molecule has 0 aromatic rings. The minimum Gasteiger partial charge on any atom is -0.495 e. The van der Waals surface area contributed by atoms with E-state index in [0.717, 1.165) is 57.5 Å². The summed E-state index contributed by atoms with van der Waals surface area (Å²) in [6.07, 6.45) is 39.7. The van der Waals surface area contributed by atoms with Gasteiger partial charge in [-0.2, -0.15) is 0 Å². The highest BCUT2D eigenvalue weighted by Gasteiger charge is 2.36. The Morgan fingerprint density at radius 3 is 1.72 bits per heavy atom. The minimum absolute atomic E-state index is 0.0188. The van der Waals surface area contributed by atoms with Gasteiger partial charge in [-0.05, 0) is 76.2 Å². The van der Waals surface area contributed by atoms with Crippen molar-refractivity contribution in [3.8, 4) is 0 Å². The van der Waals surface area contributed by atoms with Crippen molar-refractivity contribution in [3.63, 3.8) is 0 Å². The Morgan fingerprint density at radius 1 is 0.660 bits per heavy atom. The van der Waals surface area contributed by atoms with Crippen molar-refractivity contribution >= 4 is 5.97 Å². The fourth-order valence-corrected chi connectivity index (χ4v) is 8.03. The summed E-state index contributed by atoms with van der Waals surface area (Å²) in [5.74, 6) is 0.979. The van der Waals surface area contributed by atoms with Gasteiger partial charge in [0.1, 0.15) is 0 Å². The molecule has 5 heteroatoms. The maximum Gasteiger partial charge on any atom is 0.305 e. The van der Waals surface area contributed by atoms with Crippen LogP contribution in [0.1, 0.15) is 226 Å². The number of likely N-dealkylation sites (tertiary alicyclic amines) is 1. The Balaban J connectivity index is 2.36. The Morgan fingerprint density at radius 2 is 1.16 bits per heavy atom. The summed E-state index contributed by atoms with van der Waals surface area (Å²) in [6.45, 7) is 14.9. The molecule has 1 heterocycles. The van der Waals surface area contributed by atoms with Crippen LogP contribution in [0.2, 0.25) is 0 Å². The fourth-order valence-electron chi connectivity index (χ4n) is 8.03. The molecule has 0 bridgehead atoms. The molecule has 50 heavy (non-hydrogen) atoms. The van der Waals surface area contributed by atoms with Gasteiger partial charge < -0.3 is 19.5 Å². The van der Waals surface area contributed by atoms with Crippen molar-refractivity contribution in [2.24, 2.45) is 5.41 Å². The van der Waals surface area contributed by atoms with E-state index in [2.05, 4.69) is 32.3 Å². The van der Waals surface area contributed by atoms with Gasteiger partial charge in [-0.1, -0.05) is 156 Å². The molecular weight excluding hydrogens is 618 g/mol. The summed E-state index contributed by atoms with van der Waals surface area (Å²) in [4.78, 5) is 14.9. The molecule has 1 aliphatic heterocycles. The van der Waals surface area contributed by atoms with E-state index in [9.17, 15) is 9.90 Å². The number of unbranched alkanes of at least 4 members (excludes halogenated alkanes) is 20. The lowest BCUT2D eigenvalue weighted by Crippen LogP contribution is -2.29. The van der Waals surface area contributed by atoms with Gasteiger partial charge in [-0.25, -0.2) is 0 Å². The maximum atomic E-state index is 12.5. The Kier molecular flexibility index (Phi) is 31.7. The molecule has 1 N–H and O–H groups in total. The number of carbonyl (C=O) groups excluding carboxylic acids is 1. The van der Waals surface area contributed by atoms with Gasteiger partial charge in [0.05, 0.1) is 25.1 Å². The number of β-amino-alcohol motifs (C(OH)–C–C–N with tert-alkyl or cyclic N) is 1. The normalized spacial score (nSPS) is 16.4. The van der Waals surface area contributed by atoms with Crippen LogP contribution in [0.5, 0.6) is 0 Å². The van der Waals surface area contributed by atoms with Crippen LogP contribution in [0.25, 0.3) is 0 Å². The second-order valence-corrected chi connectivity index (χ2v) is 16.1. The highest BCUT2D eigenvalue weighted by molar-refractivity contribution is 5.69. The zero-order valence-corrected chi connectivity index (χ0v) is 34.1. The van der Waals surface area contributed by atoms with Crippen LogP contribution >= 0.6 is 0 Å². The van der Waals surface area contributed by atoms with Crippen LogP contribution in [0.4, 0.5) is 0 Å². The summed E-state index contributed by atoms with van der Waals surface area (Å²) < 4.78 is 12.1. The summed E-state index contributed by atoms with van der Waals surface area (Å²) in [5, 5.41) is 9.56. The van der Waals surface area contributed by atoms with Gasteiger partial charge in [0, 0.05) is 25.9 Å². The number of allylic oxidation sites excluding steroid dienone is 1. The van der Waals surface area contributed by atoms with Crippen molar-refractivity contribution in [1.82, 2.24) is 4.90 Å². The molecule has 1 saturated heterocycles. The van der Waals surface area contributed by atoms with Crippen LogP contribution in [0.15, 0.2) is 12.3 Å². The second kappa shape index (κ2) is 33.7. The summed E-state index contributed by atoms with van der Waals surface area (Å²) in [5.41, 5.74) is 0.263. The molecule has 0 saturated carbocycles. The lowest BCUT2D eigenvalue weighted by molar-refractivity contribution is -0.144. The quantitative estimate of drug-likeness (QED) is 0.0394. The first kappa shape index (κ1) is 47.0.